The fourth-order valence-corrected chi connectivity index (χ4v) is 4.06. The molecule has 5 nitrogen and oxygen atoms in total. The average Bonchev–Trinajstić information content (AvgIpc) is 3.11. The quantitative estimate of drug-likeness (QED) is 0.715. The zero-order valence-electron chi connectivity index (χ0n) is 17.2. The molecule has 1 heterocycles. The summed E-state index contributed by atoms with van der Waals surface area (Å²) in [5.41, 5.74) is -0.305. The summed E-state index contributed by atoms with van der Waals surface area (Å²) in [7, 11) is 0. The van der Waals surface area contributed by atoms with Crippen LogP contribution < -0.4 is 5.32 Å². The van der Waals surface area contributed by atoms with Crippen LogP contribution in [0.2, 0.25) is 0 Å². The van der Waals surface area contributed by atoms with Gasteiger partial charge in [0.15, 0.2) is 11.6 Å². The number of ketones is 2. The Morgan fingerprint density at radius 2 is 1.24 bits per heavy atom. The van der Waals surface area contributed by atoms with Crippen molar-refractivity contribution in [3.05, 3.63) is 71.8 Å². The van der Waals surface area contributed by atoms with Gasteiger partial charge in [0.05, 0.1) is 6.04 Å². The lowest BCUT2D eigenvalue weighted by Crippen LogP contribution is -2.60. The number of amides is 1. The molecule has 2 aromatic rings. The van der Waals surface area contributed by atoms with Gasteiger partial charge in [0.2, 0.25) is 0 Å². The maximum Gasteiger partial charge on any atom is 0.409 e. The molecule has 0 aromatic heterocycles. The topological polar surface area (TPSA) is 72.5 Å². The fourth-order valence-electron chi connectivity index (χ4n) is 4.06. The highest BCUT2D eigenvalue weighted by Gasteiger charge is 2.62. The number of carbonyl (C=O) groups is 3. The van der Waals surface area contributed by atoms with Crippen molar-refractivity contribution in [2.75, 3.05) is 0 Å². The van der Waals surface area contributed by atoms with E-state index in [0.717, 1.165) is 11.1 Å². The molecule has 5 heteroatoms. The van der Waals surface area contributed by atoms with Crippen LogP contribution >= 0.6 is 0 Å². The van der Waals surface area contributed by atoms with Crippen LogP contribution in [0.4, 0.5) is 4.79 Å². The summed E-state index contributed by atoms with van der Waals surface area (Å²) in [4.78, 5) is 39.8. The van der Waals surface area contributed by atoms with Crippen molar-refractivity contribution in [1.82, 2.24) is 5.32 Å². The molecule has 1 aliphatic heterocycles. The molecule has 0 saturated carbocycles. The van der Waals surface area contributed by atoms with Crippen LogP contribution in [0, 0.1) is 5.92 Å². The molecule has 29 heavy (non-hydrogen) atoms. The summed E-state index contributed by atoms with van der Waals surface area (Å²) in [5, 5.41) is 2.72. The number of ether oxygens (including phenoxy) is 1. The van der Waals surface area contributed by atoms with Crippen molar-refractivity contribution in [1.29, 1.82) is 0 Å². The Bertz CT molecular complexity index is 834. The lowest BCUT2D eigenvalue weighted by molar-refractivity contribution is -0.152. The molecule has 3 atom stereocenters. The number of benzene rings is 2. The third-order valence-corrected chi connectivity index (χ3v) is 5.75. The van der Waals surface area contributed by atoms with Crippen LogP contribution in [0.25, 0.3) is 0 Å². The van der Waals surface area contributed by atoms with Crippen LogP contribution in [0.5, 0.6) is 0 Å². The number of cyclic esters (lactones) is 1. The Labute approximate surface area is 171 Å². The number of nitrogens with one attached hydrogen (secondary N) is 1. The van der Waals surface area contributed by atoms with E-state index in [1.807, 2.05) is 74.5 Å². The first-order chi connectivity index (χ1) is 13.8. The molecular weight excluding hydrogens is 366 g/mol. The normalized spacial score (nSPS) is 23.2. The van der Waals surface area contributed by atoms with Gasteiger partial charge in [0, 0.05) is 11.8 Å². The molecule has 3 rings (SSSR count). The van der Waals surface area contributed by atoms with Gasteiger partial charge in [-0.2, -0.15) is 0 Å². The molecule has 0 bridgehead atoms. The molecule has 0 aliphatic carbocycles. The highest BCUT2D eigenvalue weighted by molar-refractivity contribution is 6.17. The fraction of sp³-hybridized carbons (Fsp3) is 0.375. The molecule has 0 spiro atoms. The molecule has 1 amide bonds. The second-order valence-corrected chi connectivity index (χ2v) is 7.98. The first kappa shape index (κ1) is 20.8. The molecule has 2 unspecified atom stereocenters. The van der Waals surface area contributed by atoms with Gasteiger partial charge in [-0.05, 0) is 17.0 Å². The van der Waals surface area contributed by atoms with Crippen molar-refractivity contribution >= 4 is 17.7 Å². The van der Waals surface area contributed by atoms with Crippen LogP contribution in [0.15, 0.2) is 60.7 Å². The second kappa shape index (κ2) is 8.19. The zero-order chi connectivity index (χ0) is 21.2. The van der Waals surface area contributed by atoms with E-state index in [-0.39, 0.29) is 5.92 Å². The van der Waals surface area contributed by atoms with E-state index in [9.17, 15) is 14.4 Å². The minimum Gasteiger partial charge on any atom is -0.424 e. The summed E-state index contributed by atoms with van der Waals surface area (Å²) in [6.07, 6.45) is -0.731. The van der Waals surface area contributed by atoms with E-state index in [1.54, 1.807) is 13.8 Å². The predicted octanol–water partition coefficient (Wildman–Crippen LogP) is 4.24. The molecular formula is C24H27NO4. The van der Waals surface area contributed by atoms with Crippen molar-refractivity contribution in [3.63, 3.8) is 0 Å². The maximum absolute atomic E-state index is 13.8. The van der Waals surface area contributed by atoms with Gasteiger partial charge < -0.3 is 10.1 Å². The molecule has 1 aliphatic rings. The summed E-state index contributed by atoms with van der Waals surface area (Å²) in [6.45, 7) is 7.25. The Hall–Kier alpha value is -2.95. The van der Waals surface area contributed by atoms with Gasteiger partial charge in [0.1, 0.15) is 0 Å². The summed E-state index contributed by atoms with van der Waals surface area (Å²) >= 11 is 0. The predicted molar refractivity (Wildman–Crippen MR) is 111 cm³/mol. The molecule has 2 aromatic carbocycles. The summed E-state index contributed by atoms with van der Waals surface area (Å²) < 4.78 is 5.58. The Kier molecular flexibility index (Phi) is 5.87. The van der Waals surface area contributed by atoms with Crippen molar-refractivity contribution in [2.24, 2.45) is 5.92 Å². The van der Waals surface area contributed by atoms with E-state index in [0.29, 0.717) is 0 Å². The zero-order valence-corrected chi connectivity index (χ0v) is 17.2. The van der Waals surface area contributed by atoms with Crippen molar-refractivity contribution < 1.29 is 19.1 Å². The van der Waals surface area contributed by atoms with Gasteiger partial charge in [-0.3, -0.25) is 9.59 Å². The highest BCUT2D eigenvalue weighted by Crippen LogP contribution is 2.38. The SMILES string of the molecule is CC(C(=O)C1(C(=O)C(C)c2ccccc2)OC(=O)N[C@@H]1C(C)C)c1ccccc1. The number of hydrogen-bond donors (Lipinski definition) is 1. The summed E-state index contributed by atoms with van der Waals surface area (Å²) in [5.74, 6) is -2.16. The van der Waals surface area contributed by atoms with Crippen LogP contribution in [0.1, 0.15) is 50.7 Å². The molecule has 152 valence electrons. The smallest absolute Gasteiger partial charge is 0.409 e. The van der Waals surface area contributed by atoms with E-state index in [2.05, 4.69) is 5.32 Å². The standard InChI is InChI=1S/C24H27NO4/c1-15(2)20-24(29-23(28)25-20,21(26)16(3)18-11-7-5-8-12-18)22(27)17(4)19-13-9-6-10-14-19/h5-17,20H,1-4H3,(H,25,28)/t16?,17?,20-,24?/m1/s1. The van der Waals surface area contributed by atoms with E-state index in [4.69, 9.17) is 4.74 Å². The largest absolute Gasteiger partial charge is 0.424 e. The molecule has 1 N–H and O–H groups in total. The molecule has 1 saturated heterocycles. The summed E-state index contributed by atoms with van der Waals surface area (Å²) in [6, 6.07) is 17.8. The van der Waals surface area contributed by atoms with Crippen LogP contribution in [-0.4, -0.2) is 29.3 Å². The minimum absolute atomic E-state index is 0.166. The van der Waals surface area contributed by atoms with Gasteiger partial charge in [-0.25, -0.2) is 4.79 Å². The Morgan fingerprint density at radius 1 is 0.828 bits per heavy atom. The third-order valence-electron chi connectivity index (χ3n) is 5.75. The van der Waals surface area contributed by atoms with Crippen molar-refractivity contribution in [3.8, 4) is 0 Å². The minimum atomic E-state index is -1.87. The highest BCUT2D eigenvalue weighted by atomic mass is 16.6. The average molecular weight is 393 g/mol. The van der Waals surface area contributed by atoms with Gasteiger partial charge in [0.25, 0.3) is 5.60 Å². The third kappa shape index (κ3) is 3.69. The van der Waals surface area contributed by atoms with Gasteiger partial charge in [-0.1, -0.05) is 88.4 Å². The van der Waals surface area contributed by atoms with E-state index in [1.165, 1.54) is 0 Å². The first-order valence-electron chi connectivity index (χ1n) is 9.97. The number of carbonyl (C=O) groups excluding carboxylic acids is 3. The van der Waals surface area contributed by atoms with Crippen molar-refractivity contribution in [2.45, 2.75) is 51.2 Å². The lowest BCUT2D eigenvalue weighted by Gasteiger charge is -2.35. The monoisotopic (exact) mass is 393 g/mol. The Morgan fingerprint density at radius 3 is 1.62 bits per heavy atom. The molecule has 0 radical (unpaired) electrons. The number of Topliss-reactive ketones (excluding diaryl/α,β-unsaturated/α-hetero) is 2. The first-order valence-corrected chi connectivity index (χ1v) is 9.97. The number of hydrogen-bond acceptors (Lipinski definition) is 4. The Balaban J connectivity index is 2.08. The number of rotatable bonds is 7. The van der Waals surface area contributed by atoms with Crippen LogP contribution in [0.3, 0.4) is 0 Å². The van der Waals surface area contributed by atoms with Gasteiger partial charge >= 0.3 is 6.09 Å². The van der Waals surface area contributed by atoms with E-state index >= 15 is 0 Å². The number of alkyl carbamates (subject to hydrolysis) is 1. The maximum atomic E-state index is 13.8. The van der Waals surface area contributed by atoms with E-state index < -0.39 is 41.1 Å². The second-order valence-electron chi connectivity index (χ2n) is 7.98. The van der Waals surface area contributed by atoms with Crippen LogP contribution in [-0.2, 0) is 14.3 Å². The van der Waals surface area contributed by atoms with Gasteiger partial charge in [-0.15, -0.1) is 0 Å². The molecule has 1 fully saturated rings. The lowest BCUT2D eigenvalue weighted by atomic mass is 9.71.